The van der Waals surface area contributed by atoms with E-state index >= 15 is 0 Å². The van der Waals surface area contributed by atoms with Crippen molar-refractivity contribution in [2.75, 3.05) is 4.90 Å². The second kappa shape index (κ2) is 7.44. The molecule has 0 saturated carbocycles. The van der Waals surface area contributed by atoms with Crippen LogP contribution in [0.25, 0.3) is 5.76 Å². The Labute approximate surface area is 170 Å². The van der Waals surface area contributed by atoms with E-state index in [0.717, 1.165) is 10.0 Å². The number of amides is 1. The molecule has 1 heterocycles. The molecule has 1 N–H and O–H groups in total. The molecule has 3 aromatic carbocycles. The van der Waals surface area contributed by atoms with E-state index in [0.29, 0.717) is 11.3 Å². The Morgan fingerprint density at radius 1 is 0.821 bits per heavy atom. The summed E-state index contributed by atoms with van der Waals surface area (Å²) in [5.74, 6) is -1.53. The zero-order valence-electron chi connectivity index (χ0n) is 14.7. The summed E-state index contributed by atoms with van der Waals surface area (Å²) in [5, 5.41) is 10.9. The number of para-hydroxylation sites is 1. The summed E-state index contributed by atoms with van der Waals surface area (Å²) in [5.41, 5.74) is 1.92. The normalized spacial score (nSPS) is 18.5. The van der Waals surface area contributed by atoms with Crippen LogP contribution in [0.1, 0.15) is 17.2 Å². The van der Waals surface area contributed by atoms with E-state index in [1.54, 1.807) is 36.4 Å². The predicted molar refractivity (Wildman–Crippen MR) is 112 cm³/mol. The van der Waals surface area contributed by atoms with Gasteiger partial charge < -0.3 is 5.11 Å². The number of rotatable bonds is 3. The fourth-order valence-corrected chi connectivity index (χ4v) is 3.66. The number of ketones is 1. The number of nitrogens with zero attached hydrogens (tertiary/aromatic N) is 1. The molecule has 3 aromatic rings. The second-order valence-corrected chi connectivity index (χ2v) is 7.34. The average molecular weight is 434 g/mol. The van der Waals surface area contributed by atoms with Crippen LogP contribution in [0.15, 0.2) is 95.0 Å². The Balaban J connectivity index is 1.95. The van der Waals surface area contributed by atoms with Crippen LogP contribution in [0.4, 0.5) is 5.69 Å². The maximum Gasteiger partial charge on any atom is 0.300 e. The second-order valence-electron chi connectivity index (χ2n) is 6.42. The van der Waals surface area contributed by atoms with Crippen molar-refractivity contribution in [2.24, 2.45) is 0 Å². The lowest BCUT2D eigenvalue weighted by molar-refractivity contribution is -0.132. The molecule has 1 aliphatic rings. The van der Waals surface area contributed by atoms with Crippen molar-refractivity contribution in [3.8, 4) is 0 Å². The predicted octanol–water partition coefficient (Wildman–Crippen LogP) is 5.08. The van der Waals surface area contributed by atoms with Gasteiger partial charge in [-0.25, -0.2) is 0 Å². The van der Waals surface area contributed by atoms with Gasteiger partial charge in [0.1, 0.15) is 5.76 Å². The highest BCUT2D eigenvalue weighted by molar-refractivity contribution is 9.10. The molecular formula is C23H16BrNO3. The van der Waals surface area contributed by atoms with E-state index in [1.165, 1.54) is 4.90 Å². The number of Topliss-reactive ketones (excluding diaryl/α,β-unsaturated/α-hetero) is 1. The summed E-state index contributed by atoms with van der Waals surface area (Å²) < 4.78 is 0.885. The Morgan fingerprint density at radius 2 is 1.39 bits per heavy atom. The minimum Gasteiger partial charge on any atom is -0.507 e. The minimum absolute atomic E-state index is 0.0855. The van der Waals surface area contributed by atoms with Crippen molar-refractivity contribution in [1.82, 2.24) is 0 Å². The van der Waals surface area contributed by atoms with Gasteiger partial charge in [0.15, 0.2) is 0 Å². The van der Waals surface area contributed by atoms with Gasteiger partial charge in [-0.1, -0.05) is 76.6 Å². The van der Waals surface area contributed by atoms with Gasteiger partial charge in [-0.05, 0) is 29.8 Å². The summed E-state index contributed by atoms with van der Waals surface area (Å²) in [6.45, 7) is 0. The third kappa shape index (κ3) is 3.14. The first-order chi connectivity index (χ1) is 13.6. The third-order valence-electron chi connectivity index (χ3n) is 4.71. The molecule has 1 amide bonds. The number of hydrogen-bond acceptors (Lipinski definition) is 3. The van der Waals surface area contributed by atoms with E-state index < -0.39 is 17.7 Å². The van der Waals surface area contributed by atoms with Crippen molar-refractivity contribution >= 4 is 39.1 Å². The highest BCUT2D eigenvalue weighted by atomic mass is 79.9. The van der Waals surface area contributed by atoms with Gasteiger partial charge in [-0.15, -0.1) is 0 Å². The van der Waals surface area contributed by atoms with Crippen LogP contribution >= 0.6 is 15.9 Å². The van der Waals surface area contributed by atoms with Crippen LogP contribution in [0.3, 0.4) is 0 Å². The van der Waals surface area contributed by atoms with E-state index in [1.807, 2.05) is 48.5 Å². The first kappa shape index (κ1) is 18.2. The van der Waals surface area contributed by atoms with Crippen LogP contribution in [-0.4, -0.2) is 16.8 Å². The van der Waals surface area contributed by atoms with Gasteiger partial charge in [-0.3, -0.25) is 14.5 Å². The monoisotopic (exact) mass is 433 g/mol. The molecule has 138 valence electrons. The number of aliphatic hydroxyl groups excluding tert-OH is 1. The van der Waals surface area contributed by atoms with Crippen LogP contribution in [0.2, 0.25) is 0 Å². The molecule has 1 aliphatic heterocycles. The van der Waals surface area contributed by atoms with Crippen molar-refractivity contribution < 1.29 is 14.7 Å². The minimum atomic E-state index is -0.712. The molecule has 0 bridgehead atoms. The first-order valence-electron chi connectivity index (χ1n) is 8.75. The molecular weight excluding hydrogens is 418 g/mol. The third-order valence-corrected chi connectivity index (χ3v) is 5.24. The molecule has 4 nitrogen and oxygen atoms in total. The molecule has 1 saturated heterocycles. The topological polar surface area (TPSA) is 57.6 Å². The number of carbonyl (C=O) groups is 2. The zero-order valence-corrected chi connectivity index (χ0v) is 16.3. The highest BCUT2D eigenvalue weighted by Gasteiger charge is 2.46. The van der Waals surface area contributed by atoms with Gasteiger partial charge in [0.25, 0.3) is 11.7 Å². The number of aliphatic hydroxyl groups is 1. The van der Waals surface area contributed by atoms with Gasteiger partial charge in [0.2, 0.25) is 0 Å². The number of benzene rings is 3. The lowest BCUT2D eigenvalue weighted by atomic mass is 9.95. The summed E-state index contributed by atoms with van der Waals surface area (Å²) in [6.07, 6.45) is 0. The Morgan fingerprint density at radius 3 is 2.00 bits per heavy atom. The molecule has 0 radical (unpaired) electrons. The smallest absolute Gasteiger partial charge is 0.300 e. The molecule has 0 spiro atoms. The largest absolute Gasteiger partial charge is 0.507 e. The van der Waals surface area contributed by atoms with E-state index in [9.17, 15) is 14.7 Å². The maximum atomic E-state index is 12.9. The SMILES string of the molecule is O=C1C(=O)N(c2ccccc2)[C@H](c2ccc(Br)cc2)/C1=C(\O)c1ccccc1. The van der Waals surface area contributed by atoms with Gasteiger partial charge >= 0.3 is 0 Å². The molecule has 4 rings (SSSR count). The van der Waals surface area contributed by atoms with Crippen LogP contribution < -0.4 is 4.90 Å². The lowest BCUT2D eigenvalue weighted by Gasteiger charge is -2.25. The molecule has 1 atom stereocenters. The molecule has 28 heavy (non-hydrogen) atoms. The van der Waals surface area contributed by atoms with E-state index in [4.69, 9.17) is 0 Å². The molecule has 0 unspecified atom stereocenters. The van der Waals surface area contributed by atoms with E-state index in [2.05, 4.69) is 15.9 Å². The fourth-order valence-electron chi connectivity index (χ4n) is 3.40. The standard InChI is InChI=1S/C23H16BrNO3/c24-17-13-11-15(12-14-17)20-19(21(26)16-7-3-1-4-8-16)22(27)23(28)25(20)18-9-5-2-6-10-18/h1-14,20,26H/b21-19+/t20-/m1/s1. The van der Waals surface area contributed by atoms with Crippen LogP contribution in [0, 0.1) is 0 Å². The Bertz CT molecular complexity index is 1060. The van der Waals surface area contributed by atoms with Gasteiger partial charge in [0, 0.05) is 15.7 Å². The molecule has 0 aliphatic carbocycles. The fraction of sp³-hybridized carbons (Fsp3) is 0.0435. The summed E-state index contributed by atoms with van der Waals surface area (Å²) in [7, 11) is 0. The average Bonchev–Trinajstić information content (AvgIpc) is 3.00. The quantitative estimate of drug-likeness (QED) is 0.356. The summed E-state index contributed by atoms with van der Waals surface area (Å²) in [4.78, 5) is 27.3. The lowest BCUT2D eigenvalue weighted by Crippen LogP contribution is -2.29. The Hall–Kier alpha value is -3.18. The number of anilines is 1. The van der Waals surface area contributed by atoms with Crippen LogP contribution in [0.5, 0.6) is 0 Å². The number of halogens is 1. The van der Waals surface area contributed by atoms with Crippen molar-refractivity contribution in [3.05, 3.63) is 106 Å². The number of carbonyl (C=O) groups excluding carboxylic acids is 2. The maximum absolute atomic E-state index is 12.9. The van der Waals surface area contributed by atoms with Crippen molar-refractivity contribution in [3.63, 3.8) is 0 Å². The summed E-state index contributed by atoms with van der Waals surface area (Å²) >= 11 is 3.41. The van der Waals surface area contributed by atoms with Crippen molar-refractivity contribution in [1.29, 1.82) is 0 Å². The first-order valence-corrected chi connectivity index (χ1v) is 9.54. The number of hydrogen-bond donors (Lipinski definition) is 1. The molecule has 5 heteroatoms. The molecule has 0 aromatic heterocycles. The molecule has 1 fully saturated rings. The van der Waals surface area contributed by atoms with Gasteiger partial charge in [-0.2, -0.15) is 0 Å². The van der Waals surface area contributed by atoms with E-state index in [-0.39, 0.29) is 11.3 Å². The van der Waals surface area contributed by atoms with Gasteiger partial charge in [0.05, 0.1) is 11.6 Å². The van der Waals surface area contributed by atoms with Crippen molar-refractivity contribution in [2.45, 2.75) is 6.04 Å². The highest BCUT2D eigenvalue weighted by Crippen LogP contribution is 2.42. The zero-order chi connectivity index (χ0) is 19.7. The van der Waals surface area contributed by atoms with Crippen LogP contribution in [-0.2, 0) is 9.59 Å². The Kier molecular flexibility index (Phi) is 4.84. The summed E-state index contributed by atoms with van der Waals surface area (Å²) in [6, 6.07) is 24.5.